The van der Waals surface area contributed by atoms with Crippen LogP contribution in [-0.4, -0.2) is 30.7 Å². The van der Waals surface area contributed by atoms with Gasteiger partial charge in [0.05, 0.1) is 6.61 Å². The summed E-state index contributed by atoms with van der Waals surface area (Å²) in [6, 6.07) is 3.92. The van der Waals surface area contributed by atoms with Crippen molar-refractivity contribution in [3.63, 3.8) is 0 Å². The van der Waals surface area contributed by atoms with Crippen LogP contribution in [0, 0.1) is 0 Å². The van der Waals surface area contributed by atoms with Gasteiger partial charge in [0.1, 0.15) is 0 Å². The van der Waals surface area contributed by atoms with Crippen LogP contribution < -0.4 is 4.18 Å². The molecule has 0 bridgehead atoms. The van der Waals surface area contributed by atoms with Crippen molar-refractivity contribution in [3.05, 3.63) is 23.8 Å². The molecule has 0 saturated heterocycles. The molecule has 0 aromatic heterocycles. The first-order valence-electron chi connectivity index (χ1n) is 4.90. The maximum Gasteiger partial charge on any atom is 0.446 e. The van der Waals surface area contributed by atoms with E-state index in [9.17, 15) is 18.3 Å². The smallest absolute Gasteiger partial charge is 0.446 e. The molecule has 0 spiro atoms. The van der Waals surface area contributed by atoms with Crippen molar-refractivity contribution in [2.45, 2.75) is 13.3 Å². The summed E-state index contributed by atoms with van der Waals surface area (Å²) >= 11 is 0. The summed E-state index contributed by atoms with van der Waals surface area (Å²) in [6.45, 7) is 1.42. The average Bonchev–Trinajstić information content (AvgIpc) is 2.19. The highest BCUT2D eigenvalue weighted by atomic mass is 32.3. The molecule has 0 fully saturated rings. The zero-order valence-corrected chi connectivity index (χ0v) is 10.3. The Kier molecular flexibility index (Phi) is 4.51. The third kappa shape index (κ3) is 5.02. The molecule has 2 N–H and O–H groups in total. The fourth-order valence-electron chi connectivity index (χ4n) is 1.21. The molecule has 1 rings (SSSR count). The van der Waals surface area contributed by atoms with Crippen LogP contribution in [0.5, 0.6) is 11.5 Å². The Bertz CT molecular complexity index is 535. The fraction of sp³-hybridized carbons (Fsp3) is 0.300. The zero-order chi connectivity index (χ0) is 13.8. The molecule has 0 heterocycles. The maximum absolute atomic E-state index is 10.5. The monoisotopic (exact) mass is 276 g/mol. The predicted molar refractivity (Wildman–Crippen MR) is 60.6 cm³/mol. The van der Waals surface area contributed by atoms with Crippen LogP contribution in [0.4, 0.5) is 0 Å². The number of phenolic OH excluding ortho intramolecular Hbond substituents is 1. The van der Waals surface area contributed by atoms with E-state index in [0.717, 1.165) is 0 Å². The molecule has 18 heavy (non-hydrogen) atoms. The highest BCUT2D eigenvalue weighted by Crippen LogP contribution is 2.27. The van der Waals surface area contributed by atoms with Gasteiger partial charge in [0.25, 0.3) is 0 Å². The molecule has 0 atom stereocenters. The second-order valence-electron chi connectivity index (χ2n) is 3.40. The molecule has 0 saturated carbocycles. The molecule has 8 heteroatoms. The van der Waals surface area contributed by atoms with Gasteiger partial charge in [-0.2, -0.15) is 8.42 Å². The van der Waals surface area contributed by atoms with Crippen LogP contribution in [0.25, 0.3) is 0 Å². The van der Waals surface area contributed by atoms with E-state index in [1.807, 2.05) is 0 Å². The van der Waals surface area contributed by atoms with Gasteiger partial charge in [0.15, 0.2) is 11.5 Å². The van der Waals surface area contributed by atoms with Gasteiger partial charge >= 0.3 is 16.4 Å². The summed E-state index contributed by atoms with van der Waals surface area (Å²) in [6.07, 6.45) is 0.360. The number of hydrogen-bond acceptors (Lipinski definition) is 6. The lowest BCUT2D eigenvalue weighted by molar-refractivity contribution is -0.140. The maximum atomic E-state index is 10.5. The molecule has 0 aliphatic rings. The van der Waals surface area contributed by atoms with E-state index in [4.69, 9.17) is 9.29 Å². The Hall–Kier alpha value is -1.80. The number of phenols is 1. The Morgan fingerprint density at radius 3 is 2.56 bits per heavy atom. The number of carbonyl (C=O) groups is 1. The van der Waals surface area contributed by atoms with Crippen molar-refractivity contribution in [2.24, 2.45) is 0 Å². The Balaban J connectivity index is 2.70. The zero-order valence-electron chi connectivity index (χ0n) is 9.49. The molecule has 0 radical (unpaired) electrons. The van der Waals surface area contributed by atoms with Gasteiger partial charge in [0.2, 0.25) is 0 Å². The SMILES string of the molecule is CC(=O)OCCc1ccc(OS(=O)(=O)O)c(O)c1. The van der Waals surface area contributed by atoms with E-state index < -0.39 is 22.1 Å². The Morgan fingerprint density at radius 1 is 1.39 bits per heavy atom. The second kappa shape index (κ2) is 5.69. The molecule has 0 aliphatic heterocycles. The Morgan fingerprint density at radius 2 is 2.06 bits per heavy atom. The van der Waals surface area contributed by atoms with Crippen molar-refractivity contribution in [1.82, 2.24) is 0 Å². The van der Waals surface area contributed by atoms with Gasteiger partial charge in [-0.1, -0.05) is 6.07 Å². The van der Waals surface area contributed by atoms with Crippen LogP contribution in [0.2, 0.25) is 0 Å². The molecule has 1 aromatic rings. The lowest BCUT2D eigenvalue weighted by Crippen LogP contribution is -2.07. The summed E-state index contributed by atoms with van der Waals surface area (Å²) in [5.74, 6) is -1.23. The minimum Gasteiger partial charge on any atom is -0.504 e. The molecular formula is C10H12O7S. The summed E-state index contributed by atoms with van der Waals surface area (Å²) in [4.78, 5) is 10.5. The van der Waals surface area contributed by atoms with Crippen LogP contribution >= 0.6 is 0 Å². The first kappa shape index (κ1) is 14.3. The topological polar surface area (TPSA) is 110 Å². The van der Waals surface area contributed by atoms with Crippen LogP contribution in [0.15, 0.2) is 18.2 Å². The van der Waals surface area contributed by atoms with Crippen LogP contribution in [0.1, 0.15) is 12.5 Å². The van der Waals surface area contributed by atoms with Gasteiger partial charge in [-0.05, 0) is 17.7 Å². The van der Waals surface area contributed by atoms with Crippen LogP contribution in [0.3, 0.4) is 0 Å². The second-order valence-corrected chi connectivity index (χ2v) is 4.43. The van der Waals surface area contributed by atoms with E-state index >= 15 is 0 Å². The van der Waals surface area contributed by atoms with Gasteiger partial charge < -0.3 is 14.0 Å². The Labute approximate surface area is 104 Å². The highest BCUT2D eigenvalue weighted by molar-refractivity contribution is 7.81. The predicted octanol–water partition coefficient (Wildman–Crippen LogP) is 0.679. The highest BCUT2D eigenvalue weighted by Gasteiger charge is 2.11. The molecular weight excluding hydrogens is 264 g/mol. The number of rotatable bonds is 5. The summed E-state index contributed by atoms with van der Waals surface area (Å²) in [5, 5.41) is 9.45. The molecule has 1 aromatic carbocycles. The molecule has 7 nitrogen and oxygen atoms in total. The van der Waals surface area contributed by atoms with Crippen molar-refractivity contribution >= 4 is 16.4 Å². The quantitative estimate of drug-likeness (QED) is 0.601. The van der Waals surface area contributed by atoms with Gasteiger partial charge in [0, 0.05) is 13.3 Å². The first-order chi connectivity index (χ1) is 8.28. The molecule has 0 unspecified atom stereocenters. The molecule has 0 amide bonds. The number of aromatic hydroxyl groups is 1. The van der Waals surface area contributed by atoms with Gasteiger partial charge in [-0.3, -0.25) is 9.35 Å². The van der Waals surface area contributed by atoms with Crippen molar-refractivity contribution in [2.75, 3.05) is 6.61 Å². The minimum atomic E-state index is -4.67. The first-order valence-corrected chi connectivity index (χ1v) is 6.26. The minimum absolute atomic E-state index is 0.146. The standard InChI is InChI=1S/C10H12O7S/c1-7(11)16-5-4-8-2-3-10(9(12)6-8)17-18(13,14)15/h2-3,6,12H,4-5H2,1H3,(H,13,14,15). The number of benzene rings is 1. The third-order valence-corrected chi connectivity index (χ3v) is 2.30. The normalized spacial score (nSPS) is 11.0. The van der Waals surface area contributed by atoms with E-state index in [0.29, 0.717) is 12.0 Å². The summed E-state index contributed by atoms with van der Waals surface area (Å²) in [7, 11) is -4.67. The fourth-order valence-corrected chi connectivity index (χ4v) is 1.58. The average molecular weight is 276 g/mol. The largest absolute Gasteiger partial charge is 0.504 e. The lowest BCUT2D eigenvalue weighted by Gasteiger charge is -2.07. The van der Waals surface area contributed by atoms with Crippen LogP contribution in [-0.2, 0) is 26.4 Å². The van der Waals surface area contributed by atoms with Gasteiger partial charge in [-0.15, -0.1) is 0 Å². The van der Waals surface area contributed by atoms with E-state index in [2.05, 4.69) is 4.18 Å². The number of ether oxygens (including phenoxy) is 1. The number of esters is 1. The van der Waals surface area contributed by atoms with Crippen molar-refractivity contribution < 1.29 is 31.8 Å². The van der Waals surface area contributed by atoms with E-state index in [-0.39, 0.29) is 12.4 Å². The summed E-state index contributed by atoms with van der Waals surface area (Å²) in [5.41, 5.74) is 0.622. The van der Waals surface area contributed by atoms with E-state index in [1.54, 1.807) is 0 Å². The van der Waals surface area contributed by atoms with Crippen molar-refractivity contribution in [1.29, 1.82) is 0 Å². The lowest BCUT2D eigenvalue weighted by atomic mass is 10.1. The van der Waals surface area contributed by atoms with Gasteiger partial charge in [-0.25, -0.2) is 0 Å². The van der Waals surface area contributed by atoms with Crippen molar-refractivity contribution in [3.8, 4) is 11.5 Å². The number of hydrogen-bond donors (Lipinski definition) is 2. The third-order valence-electron chi connectivity index (χ3n) is 1.91. The number of carbonyl (C=O) groups excluding carboxylic acids is 1. The molecule has 100 valence electrons. The molecule has 0 aliphatic carbocycles. The van der Waals surface area contributed by atoms with E-state index in [1.165, 1.54) is 25.1 Å². The summed E-state index contributed by atoms with van der Waals surface area (Å²) < 4.78 is 38.2.